The van der Waals surface area contributed by atoms with E-state index in [1.165, 1.54) is 0 Å². The number of carbonyl (C=O) groups is 4. The highest BCUT2D eigenvalue weighted by Gasteiger charge is 2.45. The number of rotatable bonds is 4. The number of piperidine rings is 1. The lowest BCUT2D eigenvalue weighted by Gasteiger charge is -2.28. The van der Waals surface area contributed by atoms with Gasteiger partial charge in [0.25, 0.3) is 11.8 Å². The minimum Gasteiger partial charge on any atom is -0.399 e. The number of imide groups is 2. The van der Waals surface area contributed by atoms with Crippen molar-refractivity contribution >= 4 is 35.0 Å². The zero-order valence-corrected chi connectivity index (χ0v) is 15.8. The summed E-state index contributed by atoms with van der Waals surface area (Å²) >= 11 is 0. The molecule has 1 atom stereocenters. The molecule has 0 saturated carbocycles. The first-order valence-electron chi connectivity index (χ1n) is 9.27. The maximum Gasteiger partial charge on any atom is 0.264 e. The van der Waals surface area contributed by atoms with Crippen LogP contribution < -0.4 is 16.0 Å². The average molecular weight is 392 g/mol. The summed E-state index contributed by atoms with van der Waals surface area (Å²) in [5.41, 5.74) is 8.57. The number of nitrogens with one attached hydrogen (secondary N) is 1. The second-order valence-corrected chi connectivity index (χ2v) is 7.25. The number of nitrogens with two attached hydrogens (primary N) is 1. The average Bonchev–Trinajstić information content (AvgIpc) is 2.93. The van der Waals surface area contributed by atoms with E-state index in [2.05, 4.69) is 5.32 Å². The summed E-state index contributed by atoms with van der Waals surface area (Å²) in [7, 11) is 1.82. The van der Waals surface area contributed by atoms with Gasteiger partial charge in [-0.3, -0.25) is 29.4 Å². The Balaban J connectivity index is 1.66. The molecular formula is C21H20N4O4. The van der Waals surface area contributed by atoms with Crippen LogP contribution in [0.3, 0.4) is 0 Å². The fourth-order valence-electron chi connectivity index (χ4n) is 3.87. The summed E-state index contributed by atoms with van der Waals surface area (Å²) in [6, 6.07) is 11.5. The van der Waals surface area contributed by atoms with Gasteiger partial charge in [0.2, 0.25) is 11.8 Å². The zero-order valence-electron chi connectivity index (χ0n) is 15.8. The highest BCUT2D eigenvalue weighted by molar-refractivity contribution is 6.25. The van der Waals surface area contributed by atoms with Gasteiger partial charge >= 0.3 is 0 Å². The third kappa shape index (κ3) is 3.22. The van der Waals surface area contributed by atoms with Crippen molar-refractivity contribution in [2.24, 2.45) is 0 Å². The predicted molar refractivity (Wildman–Crippen MR) is 106 cm³/mol. The number of carbonyl (C=O) groups excluding carboxylic acids is 4. The van der Waals surface area contributed by atoms with Gasteiger partial charge in [-0.15, -0.1) is 0 Å². The number of amides is 4. The van der Waals surface area contributed by atoms with Gasteiger partial charge in [0, 0.05) is 25.7 Å². The quantitative estimate of drug-likeness (QED) is 0.599. The molecule has 0 radical (unpaired) electrons. The van der Waals surface area contributed by atoms with Crippen LogP contribution in [0.5, 0.6) is 0 Å². The van der Waals surface area contributed by atoms with Gasteiger partial charge in [0.15, 0.2) is 0 Å². The minimum absolute atomic E-state index is 0.0893. The normalized spacial score (nSPS) is 18.7. The molecule has 4 rings (SSSR count). The highest BCUT2D eigenvalue weighted by Crippen LogP contribution is 2.34. The van der Waals surface area contributed by atoms with E-state index in [1.54, 1.807) is 24.3 Å². The lowest BCUT2D eigenvalue weighted by Crippen LogP contribution is -2.54. The summed E-state index contributed by atoms with van der Waals surface area (Å²) < 4.78 is 0. The van der Waals surface area contributed by atoms with Crippen LogP contribution in [-0.2, 0) is 16.1 Å². The zero-order chi connectivity index (χ0) is 20.7. The molecule has 1 saturated heterocycles. The van der Waals surface area contributed by atoms with Crippen molar-refractivity contribution in [3.8, 4) is 0 Å². The number of fused-ring (bicyclic) bond motifs is 1. The molecule has 148 valence electrons. The SMILES string of the molecule is CN(Cc1cccc(N)c1)c1cccc2c1C(=O)N(C1CCC(=O)NC1=O)C2=O. The standard InChI is InChI=1S/C21H20N4O4/c1-24(11-12-4-2-5-13(22)10-12)15-7-3-6-14-18(15)21(29)25(20(14)28)16-8-9-17(26)23-19(16)27/h2-7,10,16H,8-9,11,22H2,1H3,(H,23,26,27). The van der Waals surface area contributed by atoms with Gasteiger partial charge in [-0.2, -0.15) is 0 Å². The van der Waals surface area contributed by atoms with Crippen LogP contribution in [0.15, 0.2) is 42.5 Å². The van der Waals surface area contributed by atoms with Crippen molar-refractivity contribution in [3.05, 3.63) is 59.2 Å². The molecule has 2 aliphatic heterocycles. The Labute approximate surface area is 167 Å². The number of nitrogens with zero attached hydrogens (tertiary/aromatic N) is 2. The molecule has 8 heteroatoms. The van der Waals surface area contributed by atoms with Crippen LogP contribution in [0.1, 0.15) is 39.1 Å². The van der Waals surface area contributed by atoms with Crippen molar-refractivity contribution in [2.75, 3.05) is 17.7 Å². The van der Waals surface area contributed by atoms with Crippen LogP contribution in [0.2, 0.25) is 0 Å². The summed E-state index contributed by atoms with van der Waals surface area (Å²) in [6.07, 6.45) is 0.219. The molecule has 0 spiro atoms. The molecule has 29 heavy (non-hydrogen) atoms. The number of anilines is 2. The van der Waals surface area contributed by atoms with Crippen LogP contribution in [0.4, 0.5) is 11.4 Å². The van der Waals surface area contributed by atoms with Crippen molar-refractivity contribution in [2.45, 2.75) is 25.4 Å². The largest absolute Gasteiger partial charge is 0.399 e. The lowest BCUT2D eigenvalue weighted by molar-refractivity contribution is -0.136. The molecule has 2 aliphatic rings. The molecule has 0 aliphatic carbocycles. The van der Waals surface area contributed by atoms with E-state index in [4.69, 9.17) is 5.73 Å². The maximum absolute atomic E-state index is 13.2. The Kier molecular flexibility index (Phi) is 4.54. The van der Waals surface area contributed by atoms with E-state index in [1.807, 2.05) is 30.1 Å². The molecule has 4 amide bonds. The number of benzene rings is 2. The Bertz CT molecular complexity index is 1050. The topological polar surface area (TPSA) is 113 Å². The third-order valence-electron chi connectivity index (χ3n) is 5.23. The van der Waals surface area contributed by atoms with Crippen molar-refractivity contribution < 1.29 is 19.2 Å². The summed E-state index contributed by atoms with van der Waals surface area (Å²) in [4.78, 5) is 52.6. The smallest absolute Gasteiger partial charge is 0.264 e. The van der Waals surface area contributed by atoms with E-state index in [0.29, 0.717) is 17.9 Å². The van der Waals surface area contributed by atoms with E-state index < -0.39 is 29.7 Å². The van der Waals surface area contributed by atoms with Gasteiger partial charge in [-0.1, -0.05) is 18.2 Å². The Morgan fingerprint density at radius 1 is 1.10 bits per heavy atom. The molecule has 1 unspecified atom stereocenters. The number of hydrogen-bond acceptors (Lipinski definition) is 6. The van der Waals surface area contributed by atoms with Crippen LogP contribution in [0, 0.1) is 0 Å². The molecule has 2 aromatic rings. The maximum atomic E-state index is 13.2. The van der Waals surface area contributed by atoms with Crippen LogP contribution in [-0.4, -0.2) is 41.6 Å². The Morgan fingerprint density at radius 3 is 2.59 bits per heavy atom. The van der Waals surface area contributed by atoms with E-state index in [9.17, 15) is 19.2 Å². The molecule has 2 heterocycles. The molecule has 0 bridgehead atoms. The summed E-state index contributed by atoms with van der Waals surface area (Å²) in [5.74, 6) is -2.05. The molecule has 2 aromatic carbocycles. The van der Waals surface area contributed by atoms with Crippen LogP contribution >= 0.6 is 0 Å². The van der Waals surface area contributed by atoms with E-state index >= 15 is 0 Å². The lowest BCUT2D eigenvalue weighted by atomic mass is 10.0. The third-order valence-corrected chi connectivity index (χ3v) is 5.23. The monoisotopic (exact) mass is 392 g/mol. The van der Waals surface area contributed by atoms with Crippen molar-refractivity contribution in [1.29, 1.82) is 0 Å². The molecule has 3 N–H and O–H groups in total. The van der Waals surface area contributed by atoms with Gasteiger partial charge in [0.1, 0.15) is 6.04 Å². The summed E-state index contributed by atoms with van der Waals surface area (Å²) in [6.45, 7) is 0.487. The van der Waals surface area contributed by atoms with Crippen molar-refractivity contribution in [1.82, 2.24) is 10.2 Å². The van der Waals surface area contributed by atoms with Gasteiger partial charge in [0.05, 0.1) is 16.8 Å². The predicted octanol–water partition coefficient (Wildman–Crippen LogP) is 1.31. The fourth-order valence-corrected chi connectivity index (χ4v) is 3.87. The van der Waals surface area contributed by atoms with Crippen molar-refractivity contribution in [3.63, 3.8) is 0 Å². The van der Waals surface area contributed by atoms with Crippen LogP contribution in [0.25, 0.3) is 0 Å². The van der Waals surface area contributed by atoms with Gasteiger partial charge < -0.3 is 10.6 Å². The second-order valence-electron chi connectivity index (χ2n) is 7.25. The first-order chi connectivity index (χ1) is 13.9. The Hall–Kier alpha value is -3.68. The van der Waals surface area contributed by atoms with E-state index in [-0.39, 0.29) is 24.0 Å². The molecule has 0 aromatic heterocycles. The molecular weight excluding hydrogens is 372 g/mol. The first kappa shape index (κ1) is 18.7. The molecule has 8 nitrogen and oxygen atoms in total. The second kappa shape index (κ2) is 7.05. The van der Waals surface area contributed by atoms with Gasteiger partial charge in [-0.05, 0) is 36.2 Å². The number of nitrogen functional groups attached to an aromatic ring is 1. The minimum atomic E-state index is -0.979. The summed E-state index contributed by atoms with van der Waals surface area (Å²) in [5, 5.41) is 2.20. The first-order valence-corrected chi connectivity index (χ1v) is 9.27. The van der Waals surface area contributed by atoms with Gasteiger partial charge in [-0.25, -0.2) is 0 Å². The number of hydrogen-bond donors (Lipinski definition) is 2. The van der Waals surface area contributed by atoms with E-state index in [0.717, 1.165) is 10.5 Å². The highest BCUT2D eigenvalue weighted by atomic mass is 16.2. The molecule has 1 fully saturated rings. The Morgan fingerprint density at radius 2 is 1.86 bits per heavy atom. The fraction of sp³-hybridized carbons (Fsp3) is 0.238.